The van der Waals surface area contributed by atoms with Crippen LogP contribution in [-0.2, 0) is 10.0 Å². The standard InChI is InChI=1S/C21H35N3O3S/c1-15(2)23-20(25)17-8-12-18(13-9-17)22-14-16-6-10-19(11-7-16)24-28(26,27)21(3,4)5/h8-9,12-13,15-16,19,22,24H,6-7,10-11,14H2,1-5H3,(H,23,25)/t16-,19-. The molecule has 6 nitrogen and oxygen atoms in total. The highest BCUT2D eigenvalue weighted by Gasteiger charge is 2.32. The lowest BCUT2D eigenvalue weighted by Gasteiger charge is -2.31. The highest BCUT2D eigenvalue weighted by molar-refractivity contribution is 7.90. The van der Waals surface area contributed by atoms with Gasteiger partial charge in [0, 0.05) is 29.9 Å². The molecule has 1 fully saturated rings. The lowest BCUT2D eigenvalue weighted by molar-refractivity contribution is 0.0943. The maximum absolute atomic E-state index is 12.3. The maximum Gasteiger partial charge on any atom is 0.251 e. The van der Waals surface area contributed by atoms with Crippen LogP contribution >= 0.6 is 0 Å². The molecule has 0 heterocycles. The van der Waals surface area contributed by atoms with E-state index in [0.717, 1.165) is 37.9 Å². The molecule has 0 aliphatic heterocycles. The van der Waals surface area contributed by atoms with E-state index in [9.17, 15) is 13.2 Å². The van der Waals surface area contributed by atoms with Gasteiger partial charge in [-0.1, -0.05) is 0 Å². The van der Waals surface area contributed by atoms with Crippen molar-refractivity contribution in [3.8, 4) is 0 Å². The van der Waals surface area contributed by atoms with Gasteiger partial charge in [-0.25, -0.2) is 13.1 Å². The van der Waals surface area contributed by atoms with Gasteiger partial charge < -0.3 is 10.6 Å². The third-order valence-corrected chi connectivity index (χ3v) is 7.39. The van der Waals surface area contributed by atoms with Crippen molar-refractivity contribution in [1.82, 2.24) is 10.0 Å². The molecule has 0 atom stereocenters. The van der Waals surface area contributed by atoms with E-state index >= 15 is 0 Å². The van der Waals surface area contributed by atoms with Crippen LogP contribution in [0.1, 0.15) is 70.7 Å². The van der Waals surface area contributed by atoms with Crippen LogP contribution in [0.5, 0.6) is 0 Å². The van der Waals surface area contributed by atoms with E-state index in [-0.39, 0.29) is 18.0 Å². The summed E-state index contributed by atoms with van der Waals surface area (Å²) in [5.41, 5.74) is 1.66. The lowest BCUT2D eigenvalue weighted by Crippen LogP contribution is -2.46. The fourth-order valence-corrected chi connectivity index (χ4v) is 4.26. The minimum atomic E-state index is -3.29. The molecule has 0 radical (unpaired) electrons. The van der Waals surface area contributed by atoms with E-state index < -0.39 is 14.8 Å². The minimum Gasteiger partial charge on any atom is -0.385 e. The summed E-state index contributed by atoms with van der Waals surface area (Å²) in [7, 11) is -3.29. The van der Waals surface area contributed by atoms with Crippen molar-refractivity contribution in [1.29, 1.82) is 0 Å². The number of carbonyl (C=O) groups excluding carboxylic acids is 1. The zero-order valence-electron chi connectivity index (χ0n) is 17.7. The van der Waals surface area contributed by atoms with Gasteiger partial charge in [-0.05, 0) is 90.5 Å². The zero-order chi connectivity index (χ0) is 20.9. The molecule has 28 heavy (non-hydrogen) atoms. The number of hydrogen-bond donors (Lipinski definition) is 3. The molecule has 0 bridgehead atoms. The summed E-state index contributed by atoms with van der Waals surface area (Å²) in [5.74, 6) is 0.469. The first-order valence-electron chi connectivity index (χ1n) is 10.1. The van der Waals surface area contributed by atoms with Gasteiger partial charge in [0.1, 0.15) is 0 Å². The van der Waals surface area contributed by atoms with E-state index in [0.29, 0.717) is 11.5 Å². The van der Waals surface area contributed by atoms with E-state index in [2.05, 4.69) is 15.4 Å². The first-order chi connectivity index (χ1) is 13.0. The Morgan fingerprint density at radius 2 is 1.64 bits per heavy atom. The molecule has 7 heteroatoms. The Kier molecular flexibility index (Phi) is 7.51. The van der Waals surface area contributed by atoms with Crippen LogP contribution in [0.4, 0.5) is 5.69 Å². The predicted octanol–water partition coefficient (Wildman–Crippen LogP) is 3.51. The molecule has 158 valence electrons. The zero-order valence-corrected chi connectivity index (χ0v) is 18.5. The van der Waals surface area contributed by atoms with Crippen molar-refractivity contribution >= 4 is 21.6 Å². The molecule has 0 saturated heterocycles. The summed E-state index contributed by atoms with van der Waals surface area (Å²) in [6.45, 7) is 9.91. The second-order valence-electron chi connectivity index (χ2n) is 9.04. The smallest absolute Gasteiger partial charge is 0.251 e. The van der Waals surface area contributed by atoms with E-state index in [1.54, 1.807) is 20.8 Å². The summed E-state index contributed by atoms with van der Waals surface area (Å²) in [4.78, 5) is 12.0. The molecule has 1 aliphatic carbocycles. The van der Waals surface area contributed by atoms with Crippen LogP contribution < -0.4 is 15.4 Å². The number of hydrogen-bond acceptors (Lipinski definition) is 4. The van der Waals surface area contributed by atoms with Crippen LogP contribution in [0.25, 0.3) is 0 Å². The van der Waals surface area contributed by atoms with Gasteiger partial charge in [-0.15, -0.1) is 0 Å². The average molecular weight is 410 g/mol. The SMILES string of the molecule is CC(C)NC(=O)c1ccc(NC[C@H]2CC[C@H](NS(=O)(=O)C(C)(C)C)CC2)cc1. The number of carbonyl (C=O) groups is 1. The van der Waals surface area contributed by atoms with Crippen LogP contribution in [0, 0.1) is 5.92 Å². The molecule has 1 saturated carbocycles. The Hall–Kier alpha value is -1.60. The highest BCUT2D eigenvalue weighted by Crippen LogP contribution is 2.26. The average Bonchev–Trinajstić information content (AvgIpc) is 2.60. The molecule has 1 aromatic carbocycles. The fourth-order valence-electron chi connectivity index (χ4n) is 3.23. The second-order valence-corrected chi connectivity index (χ2v) is 11.5. The monoisotopic (exact) mass is 409 g/mol. The largest absolute Gasteiger partial charge is 0.385 e. The summed E-state index contributed by atoms with van der Waals surface area (Å²) >= 11 is 0. The number of amides is 1. The Bertz CT molecular complexity index is 744. The van der Waals surface area contributed by atoms with Gasteiger partial charge in [0.2, 0.25) is 10.0 Å². The summed E-state index contributed by atoms with van der Waals surface area (Å²) in [6.07, 6.45) is 3.74. The maximum atomic E-state index is 12.3. The first kappa shape index (κ1) is 22.7. The Morgan fingerprint density at radius 1 is 1.07 bits per heavy atom. The fraction of sp³-hybridized carbons (Fsp3) is 0.667. The van der Waals surface area contributed by atoms with Crippen LogP contribution in [0.15, 0.2) is 24.3 Å². The third-order valence-electron chi connectivity index (χ3n) is 5.14. The molecule has 1 aliphatic rings. The van der Waals surface area contributed by atoms with E-state index in [1.165, 1.54) is 0 Å². The normalized spacial score (nSPS) is 20.8. The molecule has 2 rings (SSSR count). The van der Waals surface area contributed by atoms with Gasteiger partial charge in [0.05, 0.1) is 4.75 Å². The number of sulfonamides is 1. The minimum absolute atomic E-state index is 0.0410. The lowest BCUT2D eigenvalue weighted by atomic mass is 9.86. The van der Waals surface area contributed by atoms with Gasteiger partial charge in [0.25, 0.3) is 5.91 Å². The van der Waals surface area contributed by atoms with Crippen molar-refractivity contribution in [2.75, 3.05) is 11.9 Å². The molecular weight excluding hydrogens is 374 g/mol. The van der Waals surface area contributed by atoms with Crippen molar-refractivity contribution in [3.05, 3.63) is 29.8 Å². The number of anilines is 1. The van der Waals surface area contributed by atoms with Crippen molar-refractivity contribution in [2.45, 2.75) is 77.1 Å². The molecule has 0 unspecified atom stereocenters. The van der Waals surface area contributed by atoms with Crippen LogP contribution in [0.3, 0.4) is 0 Å². The number of rotatable bonds is 7. The van der Waals surface area contributed by atoms with Gasteiger partial charge >= 0.3 is 0 Å². The van der Waals surface area contributed by atoms with Gasteiger partial charge in [-0.3, -0.25) is 4.79 Å². The molecule has 0 spiro atoms. The Morgan fingerprint density at radius 3 is 2.14 bits per heavy atom. The van der Waals surface area contributed by atoms with Crippen molar-refractivity contribution < 1.29 is 13.2 Å². The Balaban J connectivity index is 1.77. The summed E-state index contributed by atoms with van der Waals surface area (Å²) < 4.78 is 26.7. The predicted molar refractivity (Wildman–Crippen MR) is 115 cm³/mol. The highest BCUT2D eigenvalue weighted by atomic mass is 32.2. The molecular formula is C21H35N3O3S. The topological polar surface area (TPSA) is 87.3 Å². The molecule has 1 aromatic rings. The van der Waals surface area contributed by atoms with Crippen LogP contribution in [0.2, 0.25) is 0 Å². The summed E-state index contributed by atoms with van der Waals surface area (Å²) in [5, 5.41) is 6.32. The van der Waals surface area contributed by atoms with Crippen molar-refractivity contribution in [2.24, 2.45) is 5.92 Å². The first-order valence-corrected chi connectivity index (χ1v) is 11.6. The third kappa shape index (κ3) is 6.48. The second kappa shape index (κ2) is 9.27. The number of nitrogens with one attached hydrogen (secondary N) is 3. The van der Waals surface area contributed by atoms with Crippen molar-refractivity contribution in [3.63, 3.8) is 0 Å². The Labute approximate surface area is 169 Å². The molecule has 3 N–H and O–H groups in total. The quantitative estimate of drug-likeness (QED) is 0.643. The van der Waals surface area contributed by atoms with E-state index in [1.807, 2.05) is 38.1 Å². The van der Waals surface area contributed by atoms with Gasteiger partial charge in [0.15, 0.2) is 0 Å². The van der Waals surface area contributed by atoms with Gasteiger partial charge in [-0.2, -0.15) is 0 Å². The summed E-state index contributed by atoms with van der Waals surface area (Å²) in [6, 6.07) is 7.68. The van der Waals surface area contributed by atoms with E-state index in [4.69, 9.17) is 0 Å². The molecule has 0 aromatic heterocycles. The molecule has 1 amide bonds. The number of benzene rings is 1. The van der Waals surface area contributed by atoms with Crippen LogP contribution in [-0.4, -0.2) is 37.7 Å².